The maximum absolute atomic E-state index is 13.0. The molecule has 1 aliphatic carbocycles. The molecule has 0 atom stereocenters. The minimum absolute atomic E-state index is 0.148. The van der Waals surface area contributed by atoms with E-state index in [1.807, 2.05) is 0 Å². The van der Waals surface area contributed by atoms with Crippen molar-refractivity contribution in [2.24, 2.45) is 5.73 Å². The van der Waals surface area contributed by atoms with Crippen LogP contribution in [0, 0.1) is 5.82 Å². The highest BCUT2D eigenvalue weighted by atomic mass is 19.3. The van der Waals surface area contributed by atoms with E-state index in [9.17, 15) is 13.2 Å². The third kappa shape index (κ3) is 3.22. The monoisotopic (exact) mass is 243 g/mol. The van der Waals surface area contributed by atoms with E-state index in [2.05, 4.69) is 0 Å². The second-order valence-electron chi connectivity index (χ2n) is 5.02. The van der Waals surface area contributed by atoms with Crippen molar-refractivity contribution in [3.63, 3.8) is 0 Å². The van der Waals surface area contributed by atoms with Crippen molar-refractivity contribution in [3.8, 4) is 0 Å². The SMILES string of the molecule is NC1(Cc2ccc(F)cc2)CCC(F)(F)CC1. The molecule has 0 bridgehead atoms. The molecule has 0 aromatic heterocycles. The van der Waals surface area contributed by atoms with Gasteiger partial charge in [0, 0.05) is 18.4 Å². The normalized spacial score (nSPS) is 22.4. The number of benzene rings is 1. The van der Waals surface area contributed by atoms with Crippen molar-refractivity contribution < 1.29 is 13.2 Å². The first-order valence-corrected chi connectivity index (χ1v) is 5.80. The maximum atomic E-state index is 13.0. The second-order valence-corrected chi connectivity index (χ2v) is 5.02. The zero-order valence-corrected chi connectivity index (χ0v) is 9.56. The molecule has 0 amide bonds. The van der Waals surface area contributed by atoms with Gasteiger partial charge in [0.1, 0.15) is 5.82 Å². The minimum atomic E-state index is -2.56. The molecule has 1 aliphatic rings. The molecule has 1 fully saturated rings. The molecular formula is C13H16F3N. The van der Waals surface area contributed by atoms with Gasteiger partial charge in [-0.3, -0.25) is 0 Å². The van der Waals surface area contributed by atoms with Gasteiger partial charge in [0.2, 0.25) is 5.92 Å². The quantitative estimate of drug-likeness (QED) is 0.847. The highest BCUT2D eigenvalue weighted by molar-refractivity contribution is 5.19. The Bertz CT molecular complexity index is 376. The first kappa shape index (κ1) is 12.4. The topological polar surface area (TPSA) is 26.0 Å². The van der Waals surface area contributed by atoms with Crippen LogP contribution in [0.15, 0.2) is 24.3 Å². The molecule has 1 aromatic carbocycles. The Kier molecular flexibility index (Phi) is 3.17. The fourth-order valence-corrected chi connectivity index (χ4v) is 2.30. The van der Waals surface area contributed by atoms with E-state index in [4.69, 9.17) is 5.73 Å². The molecule has 0 unspecified atom stereocenters. The molecule has 2 rings (SSSR count). The van der Waals surface area contributed by atoms with Gasteiger partial charge >= 0.3 is 0 Å². The second kappa shape index (κ2) is 4.33. The molecule has 1 saturated carbocycles. The Morgan fingerprint density at radius 1 is 1.00 bits per heavy atom. The summed E-state index contributed by atoms with van der Waals surface area (Å²) in [7, 11) is 0. The van der Waals surface area contributed by atoms with E-state index in [0.29, 0.717) is 19.3 Å². The van der Waals surface area contributed by atoms with E-state index in [1.54, 1.807) is 12.1 Å². The van der Waals surface area contributed by atoms with E-state index in [0.717, 1.165) is 5.56 Å². The molecule has 2 N–H and O–H groups in total. The third-order valence-electron chi connectivity index (χ3n) is 3.45. The number of hydrogen-bond donors (Lipinski definition) is 1. The fourth-order valence-electron chi connectivity index (χ4n) is 2.30. The molecule has 1 aromatic rings. The van der Waals surface area contributed by atoms with Gasteiger partial charge in [0.25, 0.3) is 0 Å². The van der Waals surface area contributed by atoms with Crippen molar-refractivity contribution in [2.75, 3.05) is 0 Å². The predicted molar refractivity (Wildman–Crippen MR) is 60.4 cm³/mol. The average Bonchev–Trinajstić information content (AvgIpc) is 2.27. The summed E-state index contributed by atoms with van der Waals surface area (Å²) in [4.78, 5) is 0. The molecule has 0 aliphatic heterocycles. The molecule has 0 heterocycles. The summed E-state index contributed by atoms with van der Waals surface area (Å²) in [5.41, 5.74) is 6.46. The lowest BCUT2D eigenvalue weighted by Crippen LogP contribution is -2.47. The molecule has 94 valence electrons. The lowest BCUT2D eigenvalue weighted by molar-refractivity contribution is -0.0505. The van der Waals surface area contributed by atoms with Crippen LogP contribution in [0.25, 0.3) is 0 Å². The van der Waals surface area contributed by atoms with Gasteiger partial charge in [0.15, 0.2) is 0 Å². The Morgan fingerprint density at radius 3 is 2.06 bits per heavy atom. The molecule has 1 nitrogen and oxygen atoms in total. The zero-order valence-electron chi connectivity index (χ0n) is 9.56. The lowest BCUT2D eigenvalue weighted by Gasteiger charge is -2.37. The molecule has 4 heteroatoms. The molecule has 0 spiro atoms. The Labute approximate surface area is 98.8 Å². The number of rotatable bonds is 2. The molecule has 0 radical (unpaired) electrons. The van der Waals surface area contributed by atoms with Crippen LogP contribution in [0.1, 0.15) is 31.2 Å². The van der Waals surface area contributed by atoms with Crippen LogP contribution < -0.4 is 5.73 Å². The van der Waals surface area contributed by atoms with Crippen LogP contribution in [0.4, 0.5) is 13.2 Å². The van der Waals surface area contributed by atoms with E-state index in [-0.39, 0.29) is 18.7 Å². The first-order valence-electron chi connectivity index (χ1n) is 5.80. The Hall–Kier alpha value is -1.03. The predicted octanol–water partition coefficient (Wildman–Crippen LogP) is 3.28. The van der Waals surface area contributed by atoms with Crippen molar-refractivity contribution in [1.82, 2.24) is 0 Å². The average molecular weight is 243 g/mol. The van der Waals surface area contributed by atoms with Gasteiger partial charge in [0.05, 0.1) is 0 Å². The summed E-state index contributed by atoms with van der Waals surface area (Å²) in [6, 6.07) is 6.07. The van der Waals surface area contributed by atoms with Crippen molar-refractivity contribution >= 4 is 0 Å². The smallest absolute Gasteiger partial charge is 0.248 e. The molecular weight excluding hydrogens is 227 g/mol. The summed E-state index contributed by atoms with van der Waals surface area (Å²) in [5, 5.41) is 0. The Morgan fingerprint density at radius 2 is 1.53 bits per heavy atom. The summed E-state index contributed by atoms with van der Waals surface area (Å²) >= 11 is 0. The number of nitrogens with two attached hydrogens (primary N) is 1. The van der Waals surface area contributed by atoms with Gasteiger partial charge in [-0.2, -0.15) is 0 Å². The van der Waals surface area contributed by atoms with Crippen molar-refractivity contribution in [2.45, 2.75) is 43.6 Å². The Balaban J connectivity index is 2.01. The van der Waals surface area contributed by atoms with E-state index >= 15 is 0 Å². The van der Waals surface area contributed by atoms with Crippen LogP contribution in [-0.2, 0) is 6.42 Å². The van der Waals surface area contributed by atoms with Gasteiger partial charge < -0.3 is 5.73 Å². The zero-order chi connectivity index (χ0) is 12.5. The van der Waals surface area contributed by atoms with E-state index in [1.165, 1.54) is 12.1 Å². The van der Waals surface area contributed by atoms with Gasteiger partial charge in [-0.25, -0.2) is 13.2 Å². The largest absolute Gasteiger partial charge is 0.325 e. The standard InChI is InChI=1S/C13H16F3N/c14-11-3-1-10(2-4-11)9-12(17)5-7-13(15,16)8-6-12/h1-4H,5-9,17H2. The maximum Gasteiger partial charge on any atom is 0.248 e. The summed E-state index contributed by atoms with van der Waals surface area (Å²) in [5.74, 6) is -2.86. The third-order valence-corrected chi connectivity index (χ3v) is 3.45. The van der Waals surface area contributed by atoms with Crippen LogP contribution in [-0.4, -0.2) is 11.5 Å². The molecule has 17 heavy (non-hydrogen) atoms. The van der Waals surface area contributed by atoms with Crippen LogP contribution in [0.2, 0.25) is 0 Å². The van der Waals surface area contributed by atoms with Crippen LogP contribution in [0.5, 0.6) is 0 Å². The van der Waals surface area contributed by atoms with Crippen LogP contribution in [0.3, 0.4) is 0 Å². The first-order chi connectivity index (χ1) is 7.89. The highest BCUT2D eigenvalue weighted by Gasteiger charge is 2.41. The van der Waals surface area contributed by atoms with Crippen molar-refractivity contribution in [3.05, 3.63) is 35.6 Å². The van der Waals surface area contributed by atoms with Crippen molar-refractivity contribution in [1.29, 1.82) is 0 Å². The highest BCUT2D eigenvalue weighted by Crippen LogP contribution is 2.38. The summed E-state index contributed by atoms with van der Waals surface area (Å²) in [6.45, 7) is 0. The number of halogens is 3. The minimum Gasteiger partial charge on any atom is -0.325 e. The lowest BCUT2D eigenvalue weighted by atomic mass is 9.77. The molecule has 0 saturated heterocycles. The summed E-state index contributed by atoms with van der Waals surface area (Å²) in [6.07, 6.45) is 0.869. The number of alkyl halides is 2. The van der Waals surface area contributed by atoms with Crippen LogP contribution >= 0.6 is 0 Å². The van der Waals surface area contributed by atoms with Gasteiger partial charge in [-0.05, 0) is 37.0 Å². The number of hydrogen-bond acceptors (Lipinski definition) is 1. The van der Waals surface area contributed by atoms with E-state index < -0.39 is 11.5 Å². The van der Waals surface area contributed by atoms with Gasteiger partial charge in [-0.15, -0.1) is 0 Å². The fraction of sp³-hybridized carbons (Fsp3) is 0.538. The summed E-state index contributed by atoms with van der Waals surface area (Å²) < 4.78 is 38.8. The van der Waals surface area contributed by atoms with Gasteiger partial charge in [-0.1, -0.05) is 12.1 Å².